The lowest BCUT2D eigenvalue weighted by Gasteiger charge is -2.35. The van der Waals surface area contributed by atoms with Crippen LogP contribution in [0.1, 0.15) is 38.5 Å². The zero-order valence-corrected chi connectivity index (χ0v) is 14.7. The Morgan fingerprint density at radius 3 is 2.83 bits per heavy atom. The van der Waals surface area contributed by atoms with Crippen LogP contribution in [0.4, 0.5) is 0 Å². The molecule has 0 N–H and O–H groups in total. The molecule has 1 saturated heterocycles. The van der Waals surface area contributed by atoms with Crippen molar-refractivity contribution in [2.75, 3.05) is 46.9 Å². The molecule has 1 heterocycles. The molecular weight excluding hydrogens is 290 g/mol. The van der Waals surface area contributed by atoms with Gasteiger partial charge in [0, 0.05) is 31.4 Å². The summed E-state index contributed by atoms with van der Waals surface area (Å²) in [6.45, 7) is 3.93. The maximum atomic E-state index is 12.9. The minimum atomic E-state index is 0.217. The number of hydrogen-bond acceptors (Lipinski definition) is 4. The third-order valence-corrected chi connectivity index (χ3v) is 4.91. The lowest BCUT2D eigenvalue weighted by Crippen LogP contribution is -2.50. The van der Waals surface area contributed by atoms with Crippen molar-refractivity contribution in [3.63, 3.8) is 0 Å². The van der Waals surface area contributed by atoms with Crippen LogP contribution in [0.5, 0.6) is 0 Å². The number of carbonyl (C=O) groups is 1. The molecule has 3 rings (SSSR count). The third-order valence-electron chi connectivity index (χ3n) is 4.91. The van der Waals surface area contributed by atoms with Crippen molar-refractivity contribution >= 4 is 5.91 Å². The van der Waals surface area contributed by atoms with E-state index in [1.54, 1.807) is 0 Å². The molecule has 1 aliphatic heterocycles. The van der Waals surface area contributed by atoms with Gasteiger partial charge in [-0.3, -0.25) is 9.69 Å². The normalized spacial score (nSPS) is 26.2. The zero-order valence-electron chi connectivity index (χ0n) is 14.7. The van der Waals surface area contributed by atoms with Crippen molar-refractivity contribution in [3.05, 3.63) is 11.8 Å². The second-order valence-corrected chi connectivity index (χ2v) is 7.43. The lowest BCUT2D eigenvalue weighted by atomic mass is 10.0. The lowest BCUT2D eigenvalue weighted by molar-refractivity contribution is -0.133. The summed E-state index contributed by atoms with van der Waals surface area (Å²) in [5, 5.41) is 0. The molecule has 2 fully saturated rings. The molecule has 0 bridgehead atoms. The van der Waals surface area contributed by atoms with Gasteiger partial charge in [-0.2, -0.15) is 0 Å². The van der Waals surface area contributed by atoms with Crippen molar-refractivity contribution in [3.8, 4) is 0 Å². The summed E-state index contributed by atoms with van der Waals surface area (Å²) in [4.78, 5) is 19.5. The predicted octanol–water partition coefficient (Wildman–Crippen LogP) is 1.70. The fourth-order valence-corrected chi connectivity index (χ4v) is 3.68. The van der Waals surface area contributed by atoms with E-state index in [4.69, 9.17) is 4.74 Å². The molecule has 2 aliphatic carbocycles. The van der Waals surface area contributed by atoms with Crippen LogP contribution in [0.3, 0.4) is 0 Å². The van der Waals surface area contributed by atoms with Crippen molar-refractivity contribution in [1.82, 2.24) is 14.7 Å². The number of likely N-dealkylation sites (N-methyl/N-ethyl adjacent to an activating group) is 1. The molecule has 1 atom stereocenters. The average molecular weight is 321 g/mol. The van der Waals surface area contributed by atoms with Crippen LogP contribution in [-0.2, 0) is 9.53 Å². The second-order valence-electron chi connectivity index (χ2n) is 7.43. The highest BCUT2D eigenvalue weighted by molar-refractivity contribution is 5.80. The van der Waals surface area contributed by atoms with Crippen molar-refractivity contribution in [1.29, 1.82) is 0 Å². The molecule has 130 valence electrons. The molecule has 0 unspecified atom stereocenters. The molecule has 5 nitrogen and oxygen atoms in total. The standard InChI is InChI=1S/C18H31N3O2/c1-19(2)12-17-13-20(10-11-23-17)14-18(22)21(16-8-9-16)15-6-4-3-5-7-15/h6,16-17H,3-5,7-14H2,1-2H3/t17-/m1/s1. The minimum absolute atomic E-state index is 0.217. The highest BCUT2D eigenvalue weighted by Crippen LogP contribution is 2.33. The Bertz CT molecular complexity index is 446. The van der Waals surface area contributed by atoms with E-state index < -0.39 is 0 Å². The first-order valence-electron chi connectivity index (χ1n) is 9.13. The van der Waals surface area contributed by atoms with E-state index in [9.17, 15) is 4.79 Å². The average Bonchev–Trinajstić information content (AvgIpc) is 3.33. The number of hydrogen-bond donors (Lipinski definition) is 0. The number of allylic oxidation sites excluding steroid dienone is 2. The maximum absolute atomic E-state index is 12.9. The predicted molar refractivity (Wildman–Crippen MR) is 91.2 cm³/mol. The summed E-state index contributed by atoms with van der Waals surface area (Å²) in [6, 6.07) is 0.477. The molecule has 0 aromatic carbocycles. The van der Waals surface area contributed by atoms with E-state index >= 15 is 0 Å². The second kappa shape index (κ2) is 7.77. The molecule has 0 radical (unpaired) electrons. The van der Waals surface area contributed by atoms with E-state index in [2.05, 4.69) is 34.9 Å². The number of amides is 1. The van der Waals surface area contributed by atoms with Gasteiger partial charge in [0.1, 0.15) is 0 Å². The van der Waals surface area contributed by atoms with Crippen LogP contribution < -0.4 is 0 Å². The van der Waals surface area contributed by atoms with Crippen LogP contribution in [0, 0.1) is 0 Å². The Labute approximate surface area is 140 Å². The largest absolute Gasteiger partial charge is 0.374 e. The fourth-order valence-electron chi connectivity index (χ4n) is 3.68. The van der Waals surface area contributed by atoms with Crippen LogP contribution in [0.2, 0.25) is 0 Å². The van der Waals surface area contributed by atoms with Gasteiger partial charge >= 0.3 is 0 Å². The summed E-state index contributed by atoms with van der Waals surface area (Å²) in [6.07, 6.45) is 9.58. The molecule has 23 heavy (non-hydrogen) atoms. The number of nitrogens with zero attached hydrogens (tertiary/aromatic N) is 3. The number of carbonyl (C=O) groups excluding carboxylic acids is 1. The smallest absolute Gasteiger partial charge is 0.241 e. The van der Waals surface area contributed by atoms with Gasteiger partial charge in [0.15, 0.2) is 0 Å². The molecule has 0 aromatic heterocycles. The first kappa shape index (κ1) is 16.9. The Morgan fingerprint density at radius 2 is 2.17 bits per heavy atom. The van der Waals surface area contributed by atoms with E-state index in [1.807, 2.05) is 0 Å². The third kappa shape index (κ3) is 4.78. The molecule has 0 spiro atoms. The Balaban J connectivity index is 1.57. The van der Waals surface area contributed by atoms with E-state index in [1.165, 1.54) is 31.4 Å². The summed E-state index contributed by atoms with van der Waals surface area (Å²) in [5.41, 5.74) is 1.29. The molecule has 1 amide bonds. The van der Waals surface area contributed by atoms with Crippen LogP contribution in [0.25, 0.3) is 0 Å². The van der Waals surface area contributed by atoms with Gasteiger partial charge in [0.05, 0.1) is 19.3 Å². The van der Waals surface area contributed by atoms with Gasteiger partial charge in [-0.25, -0.2) is 0 Å². The maximum Gasteiger partial charge on any atom is 0.241 e. The summed E-state index contributed by atoms with van der Waals surface area (Å²) in [7, 11) is 4.13. The van der Waals surface area contributed by atoms with Gasteiger partial charge in [-0.05, 0) is 52.6 Å². The van der Waals surface area contributed by atoms with Crippen LogP contribution >= 0.6 is 0 Å². The van der Waals surface area contributed by atoms with E-state index in [-0.39, 0.29) is 6.10 Å². The zero-order chi connectivity index (χ0) is 16.2. The molecule has 0 aromatic rings. The Morgan fingerprint density at radius 1 is 1.35 bits per heavy atom. The van der Waals surface area contributed by atoms with Crippen LogP contribution in [0.15, 0.2) is 11.8 Å². The first-order valence-corrected chi connectivity index (χ1v) is 9.13. The molecule has 1 saturated carbocycles. The highest BCUT2D eigenvalue weighted by atomic mass is 16.5. The Kier molecular flexibility index (Phi) is 5.72. The first-order chi connectivity index (χ1) is 11.1. The summed E-state index contributed by atoms with van der Waals surface area (Å²) in [5.74, 6) is 0.297. The number of rotatable bonds is 6. The SMILES string of the molecule is CN(C)C[C@@H]1CN(CC(=O)N(C2=CCCCC2)C2CC2)CCO1. The topological polar surface area (TPSA) is 36.0 Å². The van der Waals surface area contributed by atoms with Crippen LogP contribution in [-0.4, -0.2) is 79.6 Å². The monoisotopic (exact) mass is 321 g/mol. The molecule has 3 aliphatic rings. The Hall–Kier alpha value is -0.910. The van der Waals surface area contributed by atoms with Gasteiger partial charge in [0.2, 0.25) is 5.91 Å². The summed E-state index contributed by atoms with van der Waals surface area (Å²) >= 11 is 0. The van der Waals surface area contributed by atoms with E-state index in [0.29, 0.717) is 18.5 Å². The van der Waals surface area contributed by atoms with Crippen molar-refractivity contribution in [2.24, 2.45) is 0 Å². The van der Waals surface area contributed by atoms with Gasteiger partial charge in [-0.15, -0.1) is 0 Å². The van der Waals surface area contributed by atoms with Crippen molar-refractivity contribution < 1.29 is 9.53 Å². The van der Waals surface area contributed by atoms with Gasteiger partial charge in [-0.1, -0.05) is 6.08 Å². The minimum Gasteiger partial charge on any atom is -0.374 e. The van der Waals surface area contributed by atoms with Gasteiger partial charge < -0.3 is 14.5 Å². The summed E-state index contributed by atoms with van der Waals surface area (Å²) < 4.78 is 5.82. The number of ether oxygens (including phenoxy) is 1. The fraction of sp³-hybridized carbons (Fsp3) is 0.833. The molecular formula is C18H31N3O2. The van der Waals surface area contributed by atoms with E-state index in [0.717, 1.165) is 39.1 Å². The number of morpholine rings is 1. The molecule has 5 heteroatoms. The highest BCUT2D eigenvalue weighted by Gasteiger charge is 2.36. The van der Waals surface area contributed by atoms with Gasteiger partial charge in [0.25, 0.3) is 0 Å². The van der Waals surface area contributed by atoms with Crippen molar-refractivity contribution in [2.45, 2.75) is 50.7 Å². The quantitative estimate of drug-likeness (QED) is 0.746.